The van der Waals surface area contributed by atoms with Gasteiger partial charge in [-0.25, -0.2) is 4.98 Å². The Labute approximate surface area is 209 Å². The first-order valence-corrected chi connectivity index (χ1v) is 13.0. The van der Waals surface area contributed by atoms with Gasteiger partial charge < -0.3 is 9.64 Å². The summed E-state index contributed by atoms with van der Waals surface area (Å²) in [6, 6.07) is 18.1. The maximum atomic E-state index is 13.7. The smallest absolute Gasteiger partial charge is 0.266 e. The van der Waals surface area contributed by atoms with Crippen molar-refractivity contribution < 1.29 is 9.53 Å². The van der Waals surface area contributed by atoms with Crippen molar-refractivity contribution in [3.63, 3.8) is 0 Å². The van der Waals surface area contributed by atoms with Crippen LogP contribution in [0.15, 0.2) is 70.8 Å². The van der Waals surface area contributed by atoms with Crippen LogP contribution in [0.5, 0.6) is 5.75 Å². The number of amides is 1. The van der Waals surface area contributed by atoms with Crippen molar-refractivity contribution in [1.82, 2.24) is 14.5 Å². The van der Waals surface area contributed by atoms with Crippen molar-refractivity contribution in [2.45, 2.75) is 46.1 Å². The topological polar surface area (TPSA) is 64.4 Å². The third-order valence-corrected chi connectivity index (χ3v) is 6.90. The van der Waals surface area contributed by atoms with Gasteiger partial charge in [0, 0.05) is 6.54 Å². The third kappa shape index (κ3) is 5.30. The van der Waals surface area contributed by atoms with Gasteiger partial charge >= 0.3 is 0 Å². The molecule has 4 aromatic rings. The van der Waals surface area contributed by atoms with E-state index in [9.17, 15) is 9.59 Å². The minimum atomic E-state index is -0.412. The molecule has 1 unspecified atom stereocenters. The Hall–Kier alpha value is -3.45. The number of carbonyl (C=O) groups is 1. The van der Waals surface area contributed by atoms with E-state index in [2.05, 4.69) is 6.92 Å². The first-order chi connectivity index (χ1) is 17.0. The summed E-state index contributed by atoms with van der Waals surface area (Å²) < 4.78 is 7.22. The lowest BCUT2D eigenvalue weighted by atomic mass is 10.1. The largest absolute Gasteiger partial charge is 0.494 e. The standard InChI is InChI=1S/C28H31N3O3S/c1-4-6-9-18-30(28(33)25-13-10-19-35-25)20(3)26-29-24-12-8-7-11-23(24)27(32)31(26)21-14-16-22(17-15-21)34-5-2/h7-8,10-17,19-20H,4-6,9,18H2,1-3H3. The van der Waals surface area contributed by atoms with Crippen molar-refractivity contribution in [1.29, 1.82) is 0 Å². The van der Waals surface area contributed by atoms with Gasteiger partial charge in [-0.15, -0.1) is 11.3 Å². The Balaban J connectivity index is 1.85. The van der Waals surface area contributed by atoms with Crippen molar-refractivity contribution >= 4 is 28.1 Å². The Morgan fingerprint density at radius 2 is 1.83 bits per heavy atom. The van der Waals surface area contributed by atoms with Crippen molar-refractivity contribution in [2.24, 2.45) is 0 Å². The third-order valence-electron chi connectivity index (χ3n) is 6.04. The van der Waals surface area contributed by atoms with E-state index < -0.39 is 6.04 Å². The lowest BCUT2D eigenvalue weighted by molar-refractivity contribution is 0.0682. The summed E-state index contributed by atoms with van der Waals surface area (Å²) in [5, 5.41) is 2.45. The van der Waals surface area contributed by atoms with Gasteiger partial charge in [0.2, 0.25) is 0 Å². The van der Waals surface area contributed by atoms with Gasteiger partial charge in [0.25, 0.3) is 11.5 Å². The molecular formula is C28H31N3O3S. The van der Waals surface area contributed by atoms with Crippen LogP contribution in [0.25, 0.3) is 16.6 Å². The molecule has 0 saturated carbocycles. The highest BCUT2D eigenvalue weighted by molar-refractivity contribution is 7.12. The van der Waals surface area contributed by atoms with E-state index in [1.165, 1.54) is 11.3 Å². The molecule has 0 aliphatic rings. The van der Waals surface area contributed by atoms with Crippen LogP contribution >= 0.6 is 11.3 Å². The summed E-state index contributed by atoms with van der Waals surface area (Å²) in [5.41, 5.74) is 1.16. The van der Waals surface area contributed by atoms with Gasteiger partial charge in [-0.1, -0.05) is 38.0 Å². The average Bonchev–Trinajstić information content (AvgIpc) is 3.42. The fourth-order valence-corrected chi connectivity index (χ4v) is 4.90. The van der Waals surface area contributed by atoms with Crippen molar-refractivity contribution in [3.8, 4) is 11.4 Å². The summed E-state index contributed by atoms with van der Waals surface area (Å²) >= 11 is 1.43. The maximum absolute atomic E-state index is 13.7. The fourth-order valence-electron chi connectivity index (χ4n) is 4.22. The lowest BCUT2D eigenvalue weighted by Crippen LogP contribution is -2.37. The fraction of sp³-hybridized carbons (Fsp3) is 0.321. The minimum absolute atomic E-state index is 0.0377. The SMILES string of the molecule is CCCCCN(C(=O)c1cccs1)C(C)c1nc2ccccc2c(=O)n1-c1ccc(OCC)cc1. The van der Waals surface area contributed by atoms with E-state index in [1.807, 2.05) is 78.7 Å². The summed E-state index contributed by atoms with van der Waals surface area (Å²) in [6.45, 7) is 7.19. The Bertz CT molecular complexity index is 1330. The van der Waals surface area contributed by atoms with Crippen LogP contribution in [-0.2, 0) is 0 Å². The Kier molecular flexibility index (Phi) is 7.98. The maximum Gasteiger partial charge on any atom is 0.266 e. The molecule has 0 spiro atoms. The number of ether oxygens (including phenoxy) is 1. The molecule has 0 saturated heterocycles. The number of nitrogens with zero attached hydrogens (tertiary/aromatic N) is 3. The molecule has 2 aromatic heterocycles. The van der Waals surface area contributed by atoms with Crippen molar-refractivity contribution in [2.75, 3.05) is 13.2 Å². The average molecular weight is 490 g/mol. The molecule has 182 valence electrons. The molecule has 1 atom stereocenters. The molecular weight excluding hydrogens is 458 g/mol. The van der Waals surface area contributed by atoms with Crippen LogP contribution in [0.1, 0.15) is 61.6 Å². The quantitative estimate of drug-likeness (QED) is 0.247. The second-order valence-corrected chi connectivity index (χ2v) is 9.36. The van der Waals surface area contributed by atoms with E-state index in [0.29, 0.717) is 40.4 Å². The molecule has 4 rings (SSSR count). The predicted octanol–water partition coefficient (Wildman–Crippen LogP) is 6.24. The molecule has 1 amide bonds. The number of carbonyl (C=O) groups excluding carboxylic acids is 1. The van der Waals surface area contributed by atoms with Crippen LogP contribution in [0.4, 0.5) is 0 Å². The normalized spacial score (nSPS) is 12.0. The molecule has 0 N–H and O–H groups in total. The number of rotatable bonds is 10. The summed E-state index contributed by atoms with van der Waals surface area (Å²) in [5.74, 6) is 1.24. The second kappa shape index (κ2) is 11.3. The Morgan fingerprint density at radius 1 is 1.06 bits per heavy atom. The molecule has 0 fully saturated rings. The highest BCUT2D eigenvalue weighted by atomic mass is 32.1. The summed E-state index contributed by atoms with van der Waals surface area (Å²) in [6.07, 6.45) is 2.97. The zero-order chi connectivity index (χ0) is 24.8. The van der Waals surface area contributed by atoms with E-state index >= 15 is 0 Å². The predicted molar refractivity (Wildman–Crippen MR) is 142 cm³/mol. The van der Waals surface area contributed by atoms with E-state index in [1.54, 1.807) is 10.6 Å². The Morgan fingerprint density at radius 3 is 2.51 bits per heavy atom. The number of fused-ring (bicyclic) bond motifs is 1. The van der Waals surface area contributed by atoms with Crippen LogP contribution in [0, 0.1) is 0 Å². The molecule has 35 heavy (non-hydrogen) atoms. The monoisotopic (exact) mass is 489 g/mol. The van der Waals surface area contributed by atoms with Crippen LogP contribution in [0.2, 0.25) is 0 Å². The number of aromatic nitrogens is 2. The number of hydrogen-bond acceptors (Lipinski definition) is 5. The van der Waals surface area contributed by atoms with E-state index in [4.69, 9.17) is 9.72 Å². The van der Waals surface area contributed by atoms with E-state index in [-0.39, 0.29) is 11.5 Å². The van der Waals surface area contributed by atoms with Gasteiger partial charge in [0.15, 0.2) is 0 Å². The molecule has 0 radical (unpaired) electrons. The van der Waals surface area contributed by atoms with Gasteiger partial charge in [-0.3, -0.25) is 14.2 Å². The van der Waals surface area contributed by atoms with Crippen LogP contribution in [-0.4, -0.2) is 33.5 Å². The molecule has 0 aliphatic heterocycles. The van der Waals surface area contributed by atoms with Gasteiger partial charge in [0.1, 0.15) is 11.6 Å². The number of unbranched alkanes of at least 4 members (excludes halogenated alkanes) is 2. The van der Waals surface area contributed by atoms with Crippen LogP contribution < -0.4 is 10.3 Å². The number of benzene rings is 2. The summed E-state index contributed by atoms with van der Waals surface area (Å²) in [4.78, 5) is 34.7. The molecule has 0 aliphatic carbocycles. The van der Waals surface area contributed by atoms with Gasteiger partial charge in [0.05, 0.1) is 34.1 Å². The van der Waals surface area contributed by atoms with Crippen LogP contribution in [0.3, 0.4) is 0 Å². The molecule has 0 bridgehead atoms. The van der Waals surface area contributed by atoms with Crippen molar-refractivity contribution in [3.05, 3.63) is 87.1 Å². The first kappa shape index (κ1) is 24.7. The highest BCUT2D eigenvalue weighted by Gasteiger charge is 2.28. The first-order valence-electron chi connectivity index (χ1n) is 12.1. The van der Waals surface area contributed by atoms with E-state index in [0.717, 1.165) is 25.0 Å². The summed E-state index contributed by atoms with van der Waals surface area (Å²) in [7, 11) is 0. The lowest BCUT2D eigenvalue weighted by Gasteiger charge is -2.30. The molecule has 7 heteroatoms. The second-order valence-electron chi connectivity index (χ2n) is 8.41. The molecule has 6 nitrogen and oxygen atoms in total. The molecule has 2 heterocycles. The molecule has 2 aromatic carbocycles. The van der Waals surface area contributed by atoms with Gasteiger partial charge in [-0.2, -0.15) is 0 Å². The minimum Gasteiger partial charge on any atom is -0.494 e. The van der Waals surface area contributed by atoms with Gasteiger partial charge in [-0.05, 0) is 68.1 Å². The highest BCUT2D eigenvalue weighted by Crippen LogP contribution is 2.27. The number of thiophene rings is 1. The zero-order valence-electron chi connectivity index (χ0n) is 20.4. The number of hydrogen-bond donors (Lipinski definition) is 0. The zero-order valence-corrected chi connectivity index (χ0v) is 21.3. The number of para-hydroxylation sites is 1.